The number of hydrogen-bond acceptors (Lipinski definition) is 4. The van der Waals surface area contributed by atoms with Crippen LogP contribution in [-0.2, 0) is 22.7 Å². The molecule has 3 aromatic rings. The summed E-state index contributed by atoms with van der Waals surface area (Å²) in [5, 5.41) is 7.34. The summed E-state index contributed by atoms with van der Waals surface area (Å²) in [7, 11) is 0. The van der Waals surface area contributed by atoms with Crippen LogP contribution in [0.3, 0.4) is 0 Å². The van der Waals surface area contributed by atoms with Gasteiger partial charge >= 0.3 is 0 Å². The number of nitrogens with one attached hydrogen (secondary N) is 1. The topological polar surface area (TPSA) is 110 Å². The number of nitrogens with zero attached hydrogens (tertiary/aromatic N) is 3. The highest BCUT2D eigenvalue weighted by atomic mass is 35.5. The van der Waals surface area contributed by atoms with E-state index < -0.39 is 23.2 Å². The lowest BCUT2D eigenvalue weighted by Gasteiger charge is -2.35. The lowest BCUT2D eigenvalue weighted by Crippen LogP contribution is -2.51. The molecule has 3 rings (SSSR count). The third-order valence-electron chi connectivity index (χ3n) is 5.10. The van der Waals surface area contributed by atoms with E-state index in [0.29, 0.717) is 10.9 Å². The first-order chi connectivity index (χ1) is 15.5. The first-order valence-electron chi connectivity index (χ1n) is 10.2. The Morgan fingerprint density at radius 3 is 2.52 bits per heavy atom. The SMILES string of the molecule is CC(C)(C)N(CC(=O)NCc1cccc(Cl)c1F)C(=O)Cn1nc(C(N)=O)c2ccccc21. The molecule has 33 heavy (non-hydrogen) atoms. The van der Waals surface area contributed by atoms with Crippen molar-refractivity contribution in [3.8, 4) is 0 Å². The van der Waals surface area contributed by atoms with Crippen molar-refractivity contribution < 1.29 is 18.8 Å². The average Bonchev–Trinajstić information content (AvgIpc) is 3.11. The summed E-state index contributed by atoms with van der Waals surface area (Å²) < 4.78 is 15.5. The number of aromatic nitrogens is 2. The maximum atomic E-state index is 14.1. The van der Waals surface area contributed by atoms with Crippen molar-refractivity contribution in [2.75, 3.05) is 6.54 Å². The highest BCUT2D eigenvalue weighted by Gasteiger charge is 2.29. The molecule has 0 spiro atoms. The fourth-order valence-electron chi connectivity index (χ4n) is 3.42. The zero-order chi connectivity index (χ0) is 24.3. The number of hydrogen-bond donors (Lipinski definition) is 2. The quantitative estimate of drug-likeness (QED) is 0.549. The summed E-state index contributed by atoms with van der Waals surface area (Å²) >= 11 is 5.78. The Labute approximate surface area is 195 Å². The highest BCUT2D eigenvalue weighted by Crippen LogP contribution is 2.20. The normalized spacial score (nSPS) is 11.4. The molecule has 0 aliphatic heterocycles. The molecule has 0 atom stereocenters. The second-order valence-electron chi connectivity index (χ2n) is 8.53. The van der Waals surface area contributed by atoms with Gasteiger partial charge in [0.05, 0.1) is 10.5 Å². The van der Waals surface area contributed by atoms with Gasteiger partial charge in [-0.2, -0.15) is 5.10 Å². The number of amides is 3. The predicted molar refractivity (Wildman–Crippen MR) is 123 cm³/mol. The molecule has 1 heterocycles. The molecule has 3 N–H and O–H groups in total. The molecule has 2 aromatic carbocycles. The zero-order valence-electron chi connectivity index (χ0n) is 18.6. The van der Waals surface area contributed by atoms with E-state index in [9.17, 15) is 18.8 Å². The van der Waals surface area contributed by atoms with Crippen molar-refractivity contribution in [1.29, 1.82) is 0 Å². The van der Waals surface area contributed by atoms with Gasteiger partial charge in [0.1, 0.15) is 18.9 Å². The molecule has 0 saturated heterocycles. The van der Waals surface area contributed by atoms with Crippen LogP contribution in [0.4, 0.5) is 4.39 Å². The van der Waals surface area contributed by atoms with E-state index in [-0.39, 0.29) is 41.8 Å². The van der Waals surface area contributed by atoms with E-state index in [1.54, 1.807) is 51.1 Å². The van der Waals surface area contributed by atoms with Gasteiger partial charge in [0.2, 0.25) is 11.8 Å². The number of primary amides is 1. The molecule has 8 nitrogen and oxygen atoms in total. The van der Waals surface area contributed by atoms with Crippen molar-refractivity contribution in [3.63, 3.8) is 0 Å². The number of carbonyl (C=O) groups is 3. The Hall–Kier alpha value is -3.46. The van der Waals surface area contributed by atoms with Crippen molar-refractivity contribution in [2.45, 2.75) is 39.4 Å². The second-order valence-corrected chi connectivity index (χ2v) is 8.94. The molecular weight excluding hydrogens is 449 g/mol. The molecule has 0 bridgehead atoms. The van der Waals surface area contributed by atoms with Crippen LogP contribution < -0.4 is 11.1 Å². The van der Waals surface area contributed by atoms with Gasteiger partial charge in [-0.3, -0.25) is 19.1 Å². The molecule has 1 aromatic heterocycles. The fourth-order valence-corrected chi connectivity index (χ4v) is 3.62. The third kappa shape index (κ3) is 5.48. The van der Waals surface area contributed by atoms with Gasteiger partial charge in [-0.25, -0.2) is 4.39 Å². The summed E-state index contributed by atoms with van der Waals surface area (Å²) in [6, 6.07) is 11.5. The summed E-state index contributed by atoms with van der Waals surface area (Å²) in [5.41, 5.74) is 5.62. The summed E-state index contributed by atoms with van der Waals surface area (Å²) in [4.78, 5) is 38.9. The minimum absolute atomic E-state index is 0.0324. The largest absolute Gasteiger partial charge is 0.364 e. The fraction of sp³-hybridized carbons (Fsp3) is 0.304. The van der Waals surface area contributed by atoms with E-state index >= 15 is 0 Å². The van der Waals surface area contributed by atoms with Crippen LogP contribution in [0.5, 0.6) is 0 Å². The maximum Gasteiger partial charge on any atom is 0.269 e. The number of nitrogens with two attached hydrogens (primary N) is 1. The standard InChI is InChI=1S/C23H25ClFN5O3/c1-23(2,3)29(12-18(31)27-11-14-7-6-9-16(24)20(14)25)19(32)13-30-17-10-5-4-8-15(17)21(28-30)22(26)33/h4-10H,11-13H2,1-3H3,(H2,26,33)(H,27,31). The van der Waals surface area contributed by atoms with Crippen molar-refractivity contribution in [2.24, 2.45) is 5.73 Å². The Morgan fingerprint density at radius 2 is 1.85 bits per heavy atom. The van der Waals surface area contributed by atoms with Gasteiger partial charge in [-0.05, 0) is 32.9 Å². The minimum atomic E-state index is -0.697. The van der Waals surface area contributed by atoms with Crippen LogP contribution >= 0.6 is 11.6 Å². The molecule has 0 aliphatic rings. The lowest BCUT2D eigenvalue weighted by molar-refractivity contribution is -0.141. The molecule has 10 heteroatoms. The monoisotopic (exact) mass is 473 g/mol. The van der Waals surface area contributed by atoms with Crippen LogP contribution in [0.25, 0.3) is 10.9 Å². The van der Waals surface area contributed by atoms with E-state index in [1.165, 1.54) is 21.7 Å². The summed E-state index contributed by atoms with van der Waals surface area (Å²) in [6.07, 6.45) is 0. The van der Waals surface area contributed by atoms with Gasteiger partial charge in [0, 0.05) is 23.0 Å². The Balaban J connectivity index is 1.76. The minimum Gasteiger partial charge on any atom is -0.364 e. The molecule has 0 saturated carbocycles. The summed E-state index contributed by atoms with van der Waals surface area (Å²) in [5.74, 6) is -2.13. The van der Waals surface area contributed by atoms with E-state index in [0.717, 1.165) is 0 Å². The second kappa shape index (κ2) is 9.58. The number of para-hydroxylation sites is 1. The van der Waals surface area contributed by atoms with Crippen LogP contribution in [0.2, 0.25) is 5.02 Å². The Kier molecular flexibility index (Phi) is 7.02. The van der Waals surface area contributed by atoms with Gasteiger partial charge in [0.25, 0.3) is 5.91 Å². The smallest absolute Gasteiger partial charge is 0.269 e. The van der Waals surface area contributed by atoms with Crippen molar-refractivity contribution in [1.82, 2.24) is 20.0 Å². The zero-order valence-corrected chi connectivity index (χ0v) is 19.3. The first-order valence-corrected chi connectivity index (χ1v) is 10.6. The molecule has 3 amide bonds. The van der Waals surface area contributed by atoms with Crippen LogP contribution in [0.15, 0.2) is 42.5 Å². The van der Waals surface area contributed by atoms with Gasteiger partial charge < -0.3 is 16.0 Å². The lowest BCUT2D eigenvalue weighted by atomic mass is 10.1. The van der Waals surface area contributed by atoms with Gasteiger partial charge in [0.15, 0.2) is 5.69 Å². The van der Waals surface area contributed by atoms with Gasteiger partial charge in [-0.15, -0.1) is 0 Å². The van der Waals surface area contributed by atoms with Gasteiger partial charge in [-0.1, -0.05) is 41.9 Å². The Bertz CT molecular complexity index is 1220. The van der Waals surface area contributed by atoms with Crippen molar-refractivity contribution in [3.05, 3.63) is 64.6 Å². The van der Waals surface area contributed by atoms with Crippen molar-refractivity contribution >= 4 is 40.2 Å². The van der Waals surface area contributed by atoms with Crippen LogP contribution in [-0.4, -0.2) is 44.5 Å². The molecule has 174 valence electrons. The maximum absolute atomic E-state index is 14.1. The molecule has 0 unspecified atom stereocenters. The van der Waals surface area contributed by atoms with Crippen LogP contribution in [0.1, 0.15) is 36.8 Å². The number of carbonyl (C=O) groups excluding carboxylic acids is 3. The van der Waals surface area contributed by atoms with Crippen LogP contribution in [0, 0.1) is 5.82 Å². The predicted octanol–water partition coefficient (Wildman–Crippen LogP) is 2.87. The summed E-state index contributed by atoms with van der Waals surface area (Å²) in [6.45, 7) is 4.89. The average molecular weight is 474 g/mol. The molecule has 0 fully saturated rings. The molecular formula is C23H25ClFN5O3. The van der Waals surface area contributed by atoms with E-state index in [1.807, 2.05) is 0 Å². The molecule has 0 aliphatic carbocycles. The third-order valence-corrected chi connectivity index (χ3v) is 5.39. The number of benzene rings is 2. The number of rotatable bonds is 7. The number of halogens is 2. The number of fused-ring (bicyclic) bond motifs is 1. The highest BCUT2D eigenvalue weighted by molar-refractivity contribution is 6.30. The Morgan fingerprint density at radius 1 is 1.15 bits per heavy atom. The first kappa shape index (κ1) is 24.2. The molecule has 0 radical (unpaired) electrons. The van der Waals surface area contributed by atoms with E-state index in [2.05, 4.69) is 10.4 Å². The van der Waals surface area contributed by atoms with E-state index in [4.69, 9.17) is 17.3 Å².